The summed E-state index contributed by atoms with van der Waals surface area (Å²) in [5, 5.41) is 0.643. The Morgan fingerprint density at radius 2 is 2.00 bits per heavy atom. The second-order valence-corrected chi connectivity index (χ2v) is 5.48. The molecule has 0 atom stereocenters. The van der Waals surface area contributed by atoms with E-state index in [1.165, 1.54) is 6.07 Å². The molecule has 3 heteroatoms. The van der Waals surface area contributed by atoms with Crippen molar-refractivity contribution in [2.75, 3.05) is 6.54 Å². The molecule has 0 aliphatic carbocycles. The van der Waals surface area contributed by atoms with E-state index in [1.54, 1.807) is 13.0 Å². The molecule has 2 N–H and O–H groups in total. The summed E-state index contributed by atoms with van der Waals surface area (Å²) in [6.45, 7) is 6.59. The summed E-state index contributed by atoms with van der Waals surface area (Å²) >= 11 is 6.11. The molecule has 16 heavy (non-hydrogen) atoms. The lowest BCUT2D eigenvalue weighted by Crippen LogP contribution is -2.20. The fraction of sp³-hybridized carbons (Fsp3) is 0.538. The highest BCUT2D eigenvalue weighted by Gasteiger charge is 2.19. The summed E-state index contributed by atoms with van der Waals surface area (Å²) in [5.74, 6) is -0.192. The molecule has 0 saturated carbocycles. The first-order valence-electron chi connectivity index (χ1n) is 5.50. The van der Waals surface area contributed by atoms with Gasteiger partial charge in [0.1, 0.15) is 5.82 Å². The number of hydrogen-bond acceptors (Lipinski definition) is 1. The minimum absolute atomic E-state index is 0.0556. The Kier molecular flexibility index (Phi) is 4.34. The summed E-state index contributed by atoms with van der Waals surface area (Å²) in [6.07, 6.45) is 1.65. The molecule has 0 aromatic heterocycles. The average molecular weight is 244 g/mol. The molecule has 0 heterocycles. The van der Waals surface area contributed by atoms with Crippen LogP contribution in [0.5, 0.6) is 0 Å². The molecular formula is C13H19ClFN. The maximum Gasteiger partial charge on any atom is 0.126 e. The van der Waals surface area contributed by atoms with Crippen molar-refractivity contribution in [3.8, 4) is 0 Å². The SMILES string of the molecule is Cc1cc(Cl)c(CC(C)(C)CCN)cc1F. The van der Waals surface area contributed by atoms with Gasteiger partial charge in [0, 0.05) is 5.02 Å². The van der Waals surface area contributed by atoms with E-state index in [-0.39, 0.29) is 11.2 Å². The highest BCUT2D eigenvalue weighted by atomic mass is 35.5. The maximum atomic E-state index is 13.4. The Bertz CT molecular complexity index is 374. The zero-order chi connectivity index (χ0) is 12.3. The van der Waals surface area contributed by atoms with Gasteiger partial charge >= 0.3 is 0 Å². The third kappa shape index (κ3) is 3.46. The van der Waals surface area contributed by atoms with Crippen LogP contribution in [0.25, 0.3) is 0 Å². The first kappa shape index (κ1) is 13.5. The lowest BCUT2D eigenvalue weighted by Gasteiger charge is -2.24. The predicted molar refractivity (Wildman–Crippen MR) is 67.3 cm³/mol. The smallest absolute Gasteiger partial charge is 0.126 e. The van der Waals surface area contributed by atoms with E-state index in [4.69, 9.17) is 17.3 Å². The fourth-order valence-electron chi connectivity index (χ4n) is 1.82. The first-order valence-corrected chi connectivity index (χ1v) is 5.88. The largest absolute Gasteiger partial charge is 0.330 e. The van der Waals surface area contributed by atoms with Gasteiger partial charge < -0.3 is 5.73 Å². The van der Waals surface area contributed by atoms with Crippen LogP contribution in [0.2, 0.25) is 5.02 Å². The van der Waals surface area contributed by atoms with Crippen molar-refractivity contribution in [1.82, 2.24) is 0 Å². The molecule has 1 aromatic rings. The van der Waals surface area contributed by atoms with Crippen LogP contribution in [0, 0.1) is 18.2 Å². The van der Waals surface area contributed by atoms with Crippen LogP contribution >= 0.6 is 11.6 Å². The molecule has 0 amide bonds. The van der Waals surface area contributed by atoms with Gasteiger partial charge in [-0.05, 0) is 55.0 Å². The standard InChI is InChI=1S/C13H19ClFN/c1-9-6-11(14)10(7-12(9)15)8-13(2,3)4-5-16/h6-7H,4-5,8,16H2,1-3H3. The minimum atomic E-state index is -0.192. The van der Waals surface area contributed by atoms with Crippen LogP contribution in [0.4, 0.5) is 4.39 Å². The highest BCUT2D eigenvalue weighted by Crippen LogP contribution is 2.30. The summed E-state index contributed by atoms with van der Waals surface area (Å²) in [6, 6.07) is 3.22. The number of nitrogens with two attached hydrogens (primary N) is 1. The first-order chi connectivity index (χ1) is 7.35. The van der Waals surface area contributed by atoms with E-state index < -0.39 is 0 Å². The van der Waals surface area contributed by atoms with Crippen LogP contribution in [-0.4, -0.2) is 6.54 Å². The van der Waals surface area contributed by atoms with Crippen molar-refractivity contribution in [2.45, 2.75) is 33.6 Å². The van der Waals surface area contributed by atoms with E-state index >= 15 is 0 Å². The molecular weight excluding hydrogens is 225 g/mol. The number of rotatable bonds is 4. The van der Waals surface area contributed by atoms with E-state index in [0.29, 0.717) is 17.1 Å². The molecule has 0 spiro atoms. The van der Waals surface area contributed by atoms with Gasteiger partial charge in [0.05, 0.1) is 0 Å². The molecule has 1 rings (SSSR count). The summed E-state index contributed by atoms with van der Waals surface area (Å²) < 4.78 is 13.4. The number of halogens is 2. The summed E-state index contributed by atoms with van der Waals surface area (Å²) in [7, 11) is 0. The van der Waals surface area contributed by atoms with Crippen molar-refractivity contribution in [3.63, 3.8) is 0 Å². The lowest BCUT2D eigenvalue weighted by atomic mass is 9.82. The van der Waals surface area contributed by atoms with Gasteiger partial charge in [0.2, 0.25) is 0 Å². The summed E-state index contributed by atoms with van der Waals surface area (Å²) in [4.78, 5) is 0. The molecule has 0 fully saturated rings. The molecule has 0 saturated heterocycles. The van der Waals surface area contributed by atoms with Gasteiger partial charge in [0.15, 0.2) is 0 Å². The van der Waals surface area contributed by atoms with Crippen LogP contribution in [0.1, 0.15) is 31.4 Å². The Labute approximate surface area is 102 Å². The predicted octanol–water partition coefficient (Wildman–Crippen LogP) is 3.71. The van der Waals surface area contributed by atoms with Gasteiger partial charge in [0.25, 0.3) is 0 Å². The van der Waals surface area contributed by atoms with Gasteiger partial charge in [-0.25, -0.2) is 4.39 Å². The quantitative estimate of drug-likeness (QED) is 0.857. The van der Waals surface area contributed by atoms with Gasteiger partial charge in [-0.1, -0.05) is 25.4 Å². The van der Waals surface area contributed by atoms with Crippen molar-refractivity contribution in [2.24, 2.45) is 11.1 Å². The molecule has 0 aliphatic heterocycles. The van der Waals surface area contributed by atoms with Crippen molar-refractivity contribution < 1.29 is 4.39 Å². The third-order valence-corrected chi connectivity index (χ3v) is 3.17. The lowest BCUT2D eigenvalue weighted by molar-refractivity contribution is 0.338. The van der Waals surface area contributed by atoms with E-state index in [1.807, 2.05) is 0 Å². The van der Waals surface area contributed by atoms with Crippen LogP contribution < -0.4 is 5.73 Å². The van der Waals surface area contributed by atoms with Crippen molar-refractivity contribution in [1.29, 1.82) is 0 Å². The van der Waals surface area contributed by atoms with E-state index in [9.17, 15) is 4.39 Å². The van der Waals surface area contributed by atoms with Crippen LogP contribution in [0.3, 0.4) is 0 Å². The molecule has 0 radical (unpaired) electrons. The summed E-state index contributed by atoms with van der Waals surface area (Å²) in [5.41, 5.74) is 7.06. The average Bonchev–Trinajstić information content (AvgIpc) is 2.13. The van der Waals surface area contributed by atoms with Crippen molar-refractivity contribution in [3.05, 3.63) is 34.1 Å². The van der Waals surface area contributed by atoms with E-state index in [2.05, 4.69) is 13.8 Å². The Morgan fingerprint density at radius 1 is 1.38 bits per heavy atom. The Hall–Kier alpha value is -0.600. The normalized spacial score (nSPS) is 11.9. The number of hydrogen-bond donors (Lipinski definition) is 1. The highest BCUT2D eigenvalue weighted by molar-refractivity contribution is 6.31. The number of benzene rings is 1. The Balaban J connectivity index is 2.93. The maximum absolute atomic E-state index is 13.4. The molecule has 90 valence electrons. The molecule has 1 nitrogen and oxygen atoms in total. The minimum Gasteiger partial charge on any atom is -0.330 e. The molecule has 0 bridgehead atoms. The molecule has 0 aliphatic rings. The molecule has 0 unspecified atom stereocenters. The van der Waals surface area contributed by atoms with Gasteiger partial charge in [-0.3, -0.25) is 0 Å². The van der Waals surface area contributed by atoms with Crippen LogP contribution in [0.15, 0.2) is 12.1 Å². The zero-order valence-electron chi connectivity index (χ0n) is 10.1. The van der Waals surface area contributed by atoms with E-state index in [0.717, 1.165) is 18.4 Å². The number of aryl methyl sites for hydroxylation is 1. The van der Waals surface area contributed by atoms with Gasteiger partial charge in [-0.15, -0.1) is 0 Å². The zero-order valence-corrected chi connectivity index (χ0v) is 10.9. The van der Waals surface area contributed by atoms with Crippen molar-refractivity contribution >= 4 is 11.6 Å². The second-order valence-electron chi connectivity index (χ2n) is 5.07. The third-order valence-electron chi connectivity index (χ3n) is 2.82. The van der Waals surface area contributed by atoms with Gasteiger partial charge in [-0.2, -0.15) is 0 Å². The fourth-order valence-corrected chi connectivity index (χ4v) is 2.10. The Morgan fingerprint density at radius 3 is 2.56 bits per heavy atom. The monoisotopic (exact) mass is 243 g/mol. The second kappa shape index (κ2) is 5.15. The molecule has 1 aromatic carbocycles. The van der Waals surface area contributed by atoms with Crippen LogP contribution in [-0.2, 0) is 6.42 Å². The topological polar surface area (TPSA) is 26.0 Å².